The molecular weight excluding hydrogens is 258 g/mol. The molecule has 0 saturated heterocycles. The Morgan fingerprint density at radius 1 is 1.35 bits per heavy atom. The summed E-state index contributed by atoms with van der Waals surface area (Å²) in [4.78, 5) is 12.6. The van der Waals surface area contributed by atoms with Crippen LogP contribution in [0.3, 0.4) is 0 Å². The SMILES string of the molecule is COc1cc(C=CC(=O)O)ccc1OCCCN(C)C. The fraction of sp³-hybridized carbons (Fsp3) is 0.400. The Bertz CT molecular complexity index is 469. The number of methoxy groups -OCH3 is 1. The topological polar surface area (TPSA) is 59.0 Å². The molecule has 0 aliphatic carbocycles. The summed E-state index contributed by atoms with van der Waals surface area (Å²) in [6, 6.07) is 5.33. The molecular formula is C15H21NO4. The van der Waals surface area contributed by atoms with E-state index in [1.165, 1.54) is 6.08 Å². The summed E-state index contributed by atoms with van der Waals surface area (Å²) < 4.78 is 10.9. The van der Waals surface area contributed by atoms with Crippen molar-refractivity contribution in [1.29, 1.82) is 0 Å². The number of carboxylic acid groups (broad SMARTS) is 1. The van der Waals surface area contributed by atoms with E-state index in [9.17, 15) is 4.79 Å². The van der Waals surface area contributed by atoms with Crippen LogP contribution in [0.4, 0.5) is 0 Å². The first kappa shape index (κ1) is 16.0. The Hall–Kier alpha value is -2.01. The van der Waals surface area contributed by atoms with Crippen LogP contribution in [-0.2, 0) is 4.79 Å². The van der Waals surface area contributed by atoms with Gasteiger partial charge in [-0.15, -0.1) is 0 Å². The second-order valence-corrected chi connectivity index (χ2v) is 4.59. The van der Waals surface area contributed by atoms with Gasteiger partial charge in [0.05, 0.1) is 13.7 Å². The van der Waals surface area contributed by atoms with E-state index in [4.69, 9.17) is 14.6 Å². The van der Waals surface area contributed by atoms with Crippen molar-refractivity contribution in [1.82, 2.24) is 4.90 Å². The predicted molar refractivity (Wildman–Crippen MR) is 78.3 cm³/mol. The monoisotopic (exact) mass is 279 g/mol. The molecule has 1 aromatic rings. The molecule has 0 radical (unpaired) electrons. The first-order valence-electron chi connectivity index (χ1n) is 6.39. The van der Waals surface area contributed by atoms with Gasteiger partial charge in [0.1, 0.15) is 0 Å². The molecule has 0 aromatic heterocycles. The Morgan fingerprint density at radius 3 is 2.70 bits per heavy atom. The third-order valence-electron chi connectivity index (χ3n) is 2.61. The lowest BCUT2D eigenvalue weighted by Gasteiger charge is -2.13. The quantitative estimate of drug-likeness (QED) is 0.583. The van der Waals surface area contributed by atoms with E-state index in [2.05, 4.69) is 4.90 Å². The summed E-state index contributed by atoms with van der Waals surface area (Å²) in [7, 11) is 5.60. The van der Waals surface area contributed by atoms with Crippen LogP contribution in [0.25, 0.3) is 6.08 Å². The van der Waals surface area contributed by atoms with Crippen molar-refractivity contribution in [3.05, 3.63) is 29.8 Å². The minimum absolute atomic E-state index is 0.599. The maximum Gasteiger partial charge on any atom is 0.328 e. The third kappa shape index (κ3) is 5.75. The summed E-state index contributed by atoms with van der Waals surface area (Å²) in [6.45, 7) is 1.57. The van der Waals surface area contributed by atoms with Gasteiger partial charge in [0.15, 0.2) is 11.5 Å². The highest BCUT2D eigenvalue weighted by molar-refractivity contribution is 5.85. The van der Waals surface area contributed by atoms with Gasteiger partial charge in [0.25, 0.3) is 0 Å². The zero-order valence-corrected chi connectivity index (χ0v) is 12.1. The molecule has 0 heterocycles. The lowest BCUT2D eigenvalue weighted by molar-refractivity contribution is -0.131. The number of hydrogen-bond acceptors (Lipinski definition) is 4. The van der Waals surface area contributed by atoms with Crippen LogP contribution in [-0.4, -0.2) is 50.3 Å². The Balaban J connectivity index is 2.65. The second kappa shape index (κ2) is 8.22. The number of benzene rings is 1. The van der Waals surface area contributed by atoms with Crippen LogP contribution >= 0.6 is 0 Å². The molecule has 1 aromatic carbocycles. The van der Waals surface area contributed by atoms with Gasteiger partial charge < -0.3 is 19.5 Å². The van der Waals surface area contributed by atoms with Crippen LogP contribution in [0, 0.1) is 0 Å². The van der Waals surface area contributed by atoms with Gasteiger partial charge >= 0.3 is 5.97 Å². The smallest absolute Gasteiger partial charge is 0.328 e. The number of carboxylic acids is 1. The van der Waals surface area contributed by atoms with Gasteiger partial charge in [0.2, 0.25) is 0 Å². The fourth-order valence-electron chi connectivity index (χ4n) is 1.64. The summed E-state index contributed by atoms with van der Waals surface area (Å²) >= 11 is 0. The molecule has 0 aliphatic heterocycles. The minimum atomic E-state index is -0.979. The van der Waals surface area contributed by atoms with Crippen molar-refractivity contribution in [2.75, 3.05) is 34.4 Å². The largest absolute Gasteiger partial charge is 0.493 e. The van der Waals surface area contributed by atoms with E-state index >= 15 is 0 Å². The molecule has 110 valence electrons. The zero-order valence-electron chi connectivity index (χ0n) is 12.1. The number of rotatable bonds is 8. The summed E-state index contributed by atoms with van der Waals surface area (Å²) in [6.07, 6.45) is 3.53. The molecule has 0 aliphatic rings. The van der Waals surface area contributed by atoms with E-state index < -0.39 is 5.97 Å². The number of hydrogen-bond donors (Lipinski definition) is 1. The van der Waals surface area contributed by atoms with Gasteiger partial charge in [-0.05, 0) is 44.3 Å². The van der Waals surface area contributed by atoms with Crippen molar-refractivity contribution in [2.24, 2.45) is 0 Å². The lowest BCUT2D eigenvalue weighted by Crippen LogP contribution is -2.15. The molecule has 0 atom stereocenters. The molecule has 1 N–H and O–H groups in total. The maximum atomic E-state index is 10.5. The average molecular weight is 279 g/mol. The van der Waals surface area contributed by atoms with Gasteiger partial charge in [-0.2, -0.15) is 0 Å². The molecule has 0 amide bonds. The van der Waals surface area contributed by atoms with Gasteiger partial charge in [-0.1, -0.05) is 6.07 Å². The van der Waals surface area contributed by atoms with Crippen molar-refractivity contribution >= 4 is 12.0 Å². The van der Waals surface area contributed by atoms with Gasteiger partial charge in [0, 0.05) is 12.6 Å². The van der Waals surface area contributed by atoms with Gasteiger partial charge in [-0.25, -0.2) is 4.79 Å². The predicted octanol–water partition coefficient (Wildman–Crippen LogP) is 2.12. The lowest BCUT2D eigenvalue weighted by atomic mass is 10.2. The molecule has 0 fully saturated rings. The molecule has 0 unspecified atom stereocenters. The number of ether oxygens (including phenoxy) is 2. The molecule has 0 saturated carbocycles. The highest BCUT2D eigenvalue weighted by atomic mass is 16.5. The maximum absolute atomic E-state index is 10.5. The minimum Gasteiger partial charge on any atom is -0.493 e. The van der Waals surface area contributed by atoms with Crippen LogP contribution in [0.15, 0.2) is 24.3 Å². The fourth-order valence-corrected chi connectivity index (χ4v) is 1.64. The Labute approximate surface area is 119 Å². The highest BCUT2D eigenvalue weighted by Gasteiger charge is 2.05. The molecule has 1 rings (SSSR count). The average Bonchev–Trinajstić information content (AvgIpc) is 2.41. The van der Waals surface area contributed by atoms with Crippen molar-refractivity contribution in [3.63, 3.8) is 0 Å². The van der Waals surface area contributed by atoms with Gasteiger partial charge in [-0.3, -0.25) is 0 Å². The van der Waals surface area contributed by atoms with E-state index in [1.807, 2.05) is 14.1 Å². The standard InChI is InChI=1S/C15H21NO4/c1-16(2)9-4-10-20-13-7-5-12(6-8-15(17)18)11-14(13)19-3/h5-8,11H,4,9-10H2,1-3H3,(H,17,18). The zero-order chi connectivity index (χ0) is 15.0. The second-order valence-electron chi connectivity index (χ2n) is 4.59. The summed E-state index contributed by atoms with van der Waals surface area (Å²) in [5, 5.41) is 8.60. The molecule has 20 heavy (non-hydrogen) atoms. The van der Waals surface area contributed by atoms with Crippen molar-refractivity contribution in [3.8, 4) is 11.5 Å². The van der Waals surface area contributed by atoms with Crippen LogP contribution in [0.5, 0.6) is 11.5 Å². The third-order valence-corrected chi connectivity index (χ3v) is 2.61. The molecule has 0 spiro atoms. The molecule has 5 nitrogen and oxygen atoms in total. The Kier molecular flexibility index (Phi) is 6.59. The van der Waals surface area contributed by atoms with Crippen molar-refractivity contribution < 1.29 is 19.4 Å². The number of carbonyl (C=O) groups is 1. The van der Waals surface area contributed by atoms with E-state index in [-0.39, 0.29) is 0 Å². The van der Waals surface area contributed by atoms with Crippen LogP contribution < -0.4 is 9.47 Å². The Morgan fingerprint density at radius 2 is 2.10 bits per heavy atom. The van der Waals surface area contributed by atoms with E-state index in [1.54, 1.807) is 25.3 Å². The summed E-state index contributed by atoms with van der Waals surface area (Å²) in [5.74, 6) is 0.286. The van der Waals surface area contributed by atoms with E-state index in [0.29, 0.717) is 18.1 Å². The van der Waals surface area contributed by atoms with Crippen molar-refractivity contribution in [2.45, 2.75) is 6.42 Å². The first-order chi connectivity index (χ1) is 9.52. The molecule has 0 bridgehead atoms. The molecule has 5 heteroatoms. The van der Waals surface area contributed by atoms with Crippen LogP contribution in [0.2, 0.25) is 0 Å². The summed E-state index contributed by atoms with van der Waals surface area (Å²) in [5.41, 5.74) is 0.755. The van der Waals surface area contributed by atoms with Crippen LogP contribution in [0.1, 0.15) is 12.0 Å². The number of nitrogens with zero attached hydrogens (tertiary/aromatic N) is 1. The van der Waals surface area contributed by atoms with E-state index in [0.717, 1.165) is 24.6 Å². The first-order valence-corrected chi connectivity index (χ1v) is 6.39. The highest BCUT2D eigenvalue weighted by Crippen LogP contribution is 2.28. The number of aliphatic carboxylic acids is 1. The normalized spacial score (nSPS) is 11.0.